The molecule has 0 fully saturated rings. The molecule has 1 N–H and O–H groups in total. The van der Waals surface area contributed by atoms with Crippen LogP contribution in [0.2, 0.25) is 0 Å². The van der Waals surface area contributed by atoms with Crippen molar-refractivity contribution in [2.45, 2.75) is 6.42 Å². The van der Waals surface area contributed by atoms with Gasteiger partial charge in [-0.1, -0.05) is 18.2 Å². The molecule has 0 bridgehead atoms. The van der Waals surface area contributed by atoms with Crippen molar-refractivity contribution in [2.24, 2.45) is 0 Å². The van der Waals surface area contributed by atoms with Crippen molar-refractivity contribution in [3.63, 3.8) is 0 Å². The van der Waals surface area contributed by atoms with Crippen LogP contribution in [0, 0.1) is 0 Å². The summed E-state index contributed by atoms with van der Waals surface area (Å²) in [5.74, 6) is -1.41. The number of esters is 1. The second kappa shape index (κ2) is 9.49. The number of carbonyl (C=O) groups is 2. The molecule has 0 atom stereocenters. The Balaban J connectivity index is 1.55. The van der Waals surface area contributed by atoms with Crippen LogP contribution in [0.25, 0.3) is 21.9 Å². The minimum atomic E-state index is -0.914. The lowest BCUT2D eigenvalue weighted by Crippen LogP contribution is -2.29. The van der Waals surface area contributed by atoms with Crippen LogP contribution >= 0.6 is 0 Å². The molecule has 0 unspecified atom stereocenters. The lowest BCUT2D eigenvalue weighted by atomic mass is 10.1. The zero-order valence-electron chi connectivity index (χ0n) is 17.6. The van der Waals surface area contributed by atoms with Crippen LogP contribution in [-0.2, 0) is 4.74 Å². The summed E-state index contributed by atoms with van der Waals surface area (Å²) in [6.07, 6.45) is 0.603. The second-order valence-electron chi connectivity index (χ2n) is 7.12. The minimum absolute atomic E-state index is 0.0555. The van der Waals surface area contributed by atoms with Crippen molar-refractivity contribution in [3.05, 3.63) is 86.6 Å². The summed E-state index contributed by atoms with van der Waals surface area (Å²) in [5.41, 5.74) is -1.59. The molecule has 2 aromatic carbocycles. The van der Waals surface area contributed by atoms with Gasteiger partial charge in [-0.25, -0.2) is 14.4 Å². The highest BCUT2D eigenvalue weighted by Gasteiger charge is 2.18. The number of para-hydroxylation sites is 1. The number of rotatable bonds is 7. The van der Waals surface area contributed by atoms with Crippen LogP contribution in [-0.4, -0.2) is 32.1 Å². The van der Waals surface area contributed by atoms with E-state index in [2.05, 4.69) is 5.32 Å². The molecule has 2 heterocycles. The molecule has 33 heavy (non-hydrogen) atoms. The molecular weight excluding hydrogens is 430 g/mol. The molecule has 0 radical (unpaired) electrons. The van der Waals surface area contributed by atoms with Gasteiger partial charge in [-0.15, -0.1) is 0 Å². The van der Waals surface area contributed by atoms with Gasteiger partial charge in [0.05, 0.1) is 0 Å². The molecule has 0 spiro atoms. The minimum Gasteiger partial charge on any atom is -0.423 e. The lowest BCUT2D eigenvalue weighted by Gasteiger charge is -2.07. The topological polar surface area (TPSA) is 125 Å². The number of hydrogen-bond donors (Lipinski definition) is 1. The van der Waals surface area contributed by atoms with E-state index in [1.165, 1.54) is 30.3 Å². The highest BCUT2D eigenvalue weighted by Crippen LogP contribution is 2.22. The molecule has 2 aromatic heterocycles. The fourth-order valence-electron chi connectivity index (χ4n) is 3.19. The highest BCUT2D eigenvalue weighted by atomic mass is 16.5. The molecule has 168 valence electrons. The molecule has 0 saturated heterocycles. The number of fused-ring (bicyclic) bond motifs is 2. The predicted molar refractivity (Wildman–Crippen MR) is 119 cm³/mol. The largest absolute Gasteiger partial charge is 0.423 e. The zero-order valence-corrected chi connectivity index (χ0v) is 17.6. The predicted octanol–water partition coefficient (Wildman–Crippen LogP) is 2.88. The van der Waals surface area contributed by atoms with Crippen LogP contribution in [0.1, 0.15) is 27.1 Å². The Labute approximate surface area is 186 Å². The standard InChI is InChI=1S/C24H19NO8/c1-30-10-4-9-25-21(26)17-11-15-7-8-16(13-20(15)33-22(17)27)31-23(28)18-12-14-5-2-3-6-19(14)32-24(18)29/h2-3,5-8,11-13H,4,9-10H2,1H3,(H,25,26). The Kier molecular flexibility index (Phi) is 6.32. The van der Waals surface area contributed by atoms with Gasteiger partial charge in [-0.2, -0.15) is 0 Å². The molecule has 4 aromatic rings. The first kappa shape index (κ1) is 22.0. The Hall–Kier alpha value is -4.24. The van der Waals surface area contributed by atoms with E-state index in [1.54, 1.807) is 31.4 Å². The third-order valence-electron chi connectivity index (χ3n) is 4.83. The summed E-state index contributed by atoms with van der Waals surface area (Å²) in [5, 5.41) is 3.66. The van der Waals surface area contributed by atoms with Crippen LogP contribution < -0.4 is 21.3 Å². The van der Waals surface area contributed by atoms with E-state index in [9.17, 15) is 19.2 Å². The SMILES string of the molecule is COCCCNC(=O)c1cc2ccc(OC(=O)c3cc4ccccc4oc3=O)cc2oc1=O. The fourth-order valence-corrected chi connectivity index (χ4v) is 3.19. The second-order valence-corrected chi connectivity index (χ2v) is 7.12. The van der Waals surface area contributed by atoms with Gasteiger partial charge < -0.3 is 23.6 Å². The number of amides is 1. The first-order chi connectivity index (χ1) is 16.0. The maximum Gasteiger partial charge on any atom is 0.351 e. The summed E-state index contributed by atoms with van der Waals surface area (Å²) in [6, 6.07) is 13.9. The van der Waals surface area contributed by atoms with Crippen LogP contribution in [0.5, 0.6) is 5.75 Å². The van der Waals surface area contributed by atoms with Gasteiger partial charge in [0.15, 0.2) is 0 Å². The fraction of sp³-hybridized carbons (Fsp3) is 0.167. The Morgan fingerprint density at radius 2 is 1.58 bits per heavy atom. The van der Waals surface area contributed by atoms with Gasteiger partial charge >= 0.3 is 17.2 Å². The summed E-state index contributed by atoms with van der Waals surface area (Å²) in [7, 11) is 1.56. The van der Waals surface area contributed by atoms with E-state index in [-0.39, 0.29) is 22.5 Å². The Morgan fingerprint density at radius 3 is 2.39 bits per heavy atom. The van der Waals surface area contributed by atoms with Crippen LogP contribution in [0.3, 0.4) is 0 Å². The molecule has 0 saturated carbocycles. The summed E-state index contributed by atoms with van der Waals surface area (Å²) >= 11 is 0. The van der Waals surface area contributed by atoms with Gasteiger partial charge in [0, 0.05) is 37.1 Å². The third-order valence-corrected chi connectivity index (χ3v) is 4.83. The van der Waals surface area contributed by atoms with Crippen molar-refractivity contribution in [1.29, 1.82) is 0 Å². The summed E-state index contributed by atoms with van der Waals surface area (Å²) in [6.45, 7) is 0.830. The molecule has 9 heteroatoms. The quantitative estimate of drug-likeness (QED) is 0.198. The maximum absolute atomic E-state index is 12.5. The summed E-state index contributed by atoms with van der Waals surface area (Å²) < 4.78 is 20.6. The average Bonchev–Trinajstić information content (AvgIpc) is 2.80. The molecule has 0 aliphatic carbocycles. The van der Waals surface area contributed by atoms with Crippen molar-refractivity contribution in [3.8, 4) is 5.75 Å². The number of methoxy groups -OCH3 is 1. The van der Waals surface area contributed by atoms with E-state index in [1.807, 2.05) is 0 Å². The smallest absolute Gasteiger partial charge is 0.351 e. The molecule has 1 amide bonds. The van der Waals surface area contributed by atoms with E-state index in [0.717, 1.165) is 0 Å². The van der Waals surface area contributed by atoms with Crippen LogP contribution in [0.15, 0.2) is 73.0 Å². The van der Waals surface area contributed by atoms with E-state index in [4.69, 9.17) is 18.3 Å². The lowest BCUT2D eigenvalue weighted by molar-refractivity contribution is 0.0730. The Morgan fingerprint density at radius 1 is 0.879 bits per heavy atom. The highest BCUT2D eigenvalue weighted by molar-refractivity contribution is 5.97. The molecular formula is C24H19NO8. The van der Waals surface area contributed by atoms with Crippen molar-refractivity contribution >= 4 is 33.8 Å². The third kappa shape index (κ3) is 4.83. The van der Waals surface area contributed by atoms with Gasteiger partial charge in [0.25, 0.3) is 5.91 Å². The Bertz CT molecular complexity index is 1470. The number of hydrogen-bond acceptors (Lipinski definition) is 8. The first-order valence-electron chi connectivity index (χ1n) is 10.1. The molecule has 0 aliphatic rings. The van der Waals surface area contributed by atoms with Gasteiger partial charge in [0.2, 0.25) is 0 Å². The number of nitrogens with one attached hydrogen (secondary N) is 1. The van der Waals surface area contributed by atoms with E-state index in [0.29, 0.717) is 35.9 Å². The zero-order chi connectivity index (χ0) is 23.4. The van der Waals surface area contributed by atoms with Crippen molar-refractivity contribution < 1.29 is 27.9 Å². The average molecular weight is 449 g/mol. The number of carbonyl (C=O) groups excluding carboxylic acids is 2. The molecule has 4 rings (SSSR count). The summed E-state index contributed by atoms with van der Waals surface area (Å²) in [4.78, 5) is 49.2. The normalized spacial score (nSPS) is 10.9. The van der Waals surface area contributed by atoms with E-state index >= 15 is 0 Å². The molecule has 0 aliphatic heterocycles. The monoisotopic (exact) mass is 449 g/mol. The van der Waals surface area contributed by atoms with Gasteiger partial charge in [0.1, 0.15) is 28.0 Å². The first-order valence-corrected chi connectivity index (χ1v) is 10.1. The maximum atomic E-state index is 12.5. The van der Waals surface area contributed by atoms with Crippen molar-refractivity contribution in [2.75, 3.05) is 20.3 Å². The molecule has 9 nitrogen and oxygen atoms in total. The van der Waals surface area contributed by atoms with E-state index < -0.39 is 23.1 Å². The number of ether oxygens (including phenoxy) is 2. The van der Waals surface area contributed by atoms with Crippen LogP contribution in [0.4, 0.5) is 0 Å². The van der Waals surface area contributed by atoms with Crippen molar-refractivity contribution in [1.82, 2.24) is 5.32 Å². The number of benzene rings is 2. The van der Waals surface area contributed by atoms with Gasteiger partial charge in [-0.05, 0) is 36.8 Å². The van der Waals surface area contributed by atoms with Gasteiger partial charge in [-0.3, -0.25) is 4.79 Å².